The van der Waals surface area contributed by atoms with Gasteiger partial charge in [-0.25, -0.2) is 4.79 Å². The fourth-order valence-corrected chi connectivity index (χ4v) is 5.67. The summed E-state index contributed by atoms with van der Waals surface area (Å²) in [6, 6.07) is 31.6. The second kappa shape index (κ2) is 9.46. The van der Waals surface area contributed by atoms with Gasteiger partial charge in [0.1, 0.15) is 0 Å². The summed E-state index contributed by atoms with van der Waals surface area (Å²) in [6.07, 6.45) is 0.923. The molecule has 2 atom stereocenters. The van der Waals surface area contributed by atoms with Gasteiger partial charge >= 0.3 is 5.97 Å². The van der Waals surface area contributed by atoms with E-state index in [0.717, 1.165) is 34.0 Å². The number of carboxylic acid groups (broad SMARTS) is 1. The first-order valence-corrected chi connectivity index (χ1v) is 13.0. The van der Waals surface area contributed by atoms with Crippen molar-refractivity contribution in [1.82, 2.24) is 4.57 Å². The molecule has 0 spiro atoms. The molecule has 1 heterocycles. The molecule has 1 saturated carbocycles. The van der Waals surface area contributed by atoms with Crippen molar-refractivity contribution in [2.24, 2.45) is 5.92 Å². The maximum atomic E-state index is 13.3. The number of fused-ring (bicyclic) bond motifs is 1. The summed E-state index contributed by atoms with van der Waals surface area (Å²) in [6.45, 7) is 4.95. The van der Waals surface area contributed by atoms with Gasteiger partial charge in [-0.1, -0.05) is 72.8 Å². The minimum atomic E-state index is -0.926. The van der Waals surface area contributed by atoms with E-state index in [9.17, 15) is 14.7 Å². The summed E-state index contributed by atoms with van der Waals surface area (Å²) in [7, 11) is 0. The monoisotopic (exact) mass is 499 g/mol. The number of benzene rings is 4. The van der Waals surface area contributed by atoms with Gasteiger partial charge in [0.2, 0.25) is 0 Å². The average molecular weight is 500 g/mol. The third-order valence-electron chi connectivity index (χ3n) is 8.04. The van der Waals surface area contributed by atoms with Crippen molar-refractivity contribution in [2.75, 3.05) is 0 Å². The van der Waals surface area contributed by atoms with Gasteiger partial charge in [-0.3, -0.25) is 4.79 Å². The lowest BCUT2D eigenvalue weighted by molar-refractivity contribution is 0.0697. The summed E-state index contributed by atoms with van der Waals surface area (Å²) >= 11 is 0. The van der Waals surface area contributed by atoms with E-state index in [4.69, 9.17) is 0 Å². The van der Waals surface area contributed by atoms with Crippen LogP contribution in [0.1, 0.15) is 55.4 Å². The number of nitrogens with zero attached hydrogens (tertiary/aromatic N) is 1. The second-order valence-corrected chi connectivity index (χ2v) is 10.3. The number of carbonyl (C=O) groups excluding carboxylic acids is 1. The van der Waals surface area contributed by atoms with Crippen molar-refractivity contribution in [3.8, 4) is 11.1 Å². The third kappa shape index (κ3) is 4.22. The Hall–Kier alpha value is -4.44. The molecule has 0 radical (unpaired) electrons. The number of carboxylic acids is 1. The van der Waals surface area contributed by atoms with Gasteiger partial charge in [0.15, 0.2) is 5.78 Å². The normalized spacial score (nSPS) is 16.5. The summed E-state index contributed by atoms with van der Waals surface area (Å²) in [5.41, 5.74) is 8.56. The Bertz CT molecular complexity index is 1680. The Balaban J connectivity index is 1.25. The maximum absolute atomic E-state index is 13.3. The number of aryl methyl sites for hydroxylation is 1. The number of rotatable bonds is 7. The Morgan fingerprint density at radius 1 is 0.868 bits per heavy atom. The molecule has 0 amide bonds. The highest BCUT2D eigenvalue weighted by molar-refractivity contribution is 6.03. The highest BCUT2D eigenvalue weighted by atomic mass is 16.4. The fraction of sp³-hybridized carbons (Fsp3) is 0.176. The number of Topliss-reactive ketones (excluding diaryl/α,β-unsaturated/α-hetero) is 1. The molecule has 5 aromatic rings. The number of ketones is 1. The van der Waals surface area contributed by atoms with Crippen LogP contribution in [0.25, 0.3) is 22.0 Å². The zero-order valence-corrected chi connectivity index (χ0v) is 21.5. The van der Waals surface area contributed by atoms with Crippen LogP contribution in [0.4, 0.5) is 0 Å². The largest absolute Gasteiger partial charge is 0.478 e. The van der Waals surface area contributed by atoms with Crippen LogP contribution in [0.5, 0.6) is 0 Å². The van der Waals surface area contributed by atoms with E-state index < -0.39 is 5.97 Å². The van der Waals surface area contributed by atoms with E-state index in [2.05, 4.69) is 54.8 Å². The molecule has 38 heavy (non-hydrogen) atoms. The number of aromatic nitrogens is 1. The van der Waals surface area contributed by atoms with Crippen LogP contribution in [0.2, 0.25) is 0 Å². The topological polar surface area (TPSA) is 59.3 Å². The van der Waals surface area contributed by atoms with Crippen LogP contribution < -0.4 is 0 Å². The molecule has 0 unspecified atom stereocenters. The molecule has 0 bridgehead atoms. The van der Waals surface area contributed by atoms with Crippen LogP contribution in [-0.2, 0) is 6.54 Å². The first-order valence-electron chi connectivity index (χ1n) is 13.0. The summed E-state index contributed by atoms with van der Waals surface area (Å²) in [5.74, 6) is -0.284. The minimum Gasteiger partial charge on any atom is -0.478 e. The summed E-state index contributed by atoms with van der Waals surface area (Å²) in [4.78, 5) is 24.9. The molecule has 1 aromatic heterocycles. The first kappa shape index (κ1) is 23.9. The Morgan fingerprint density at radius 2 is 1.58 bits per heavy atom. The van der Waals surface area contributed by atoms with Gasteiger partial charge < -0.3 is 9.67 Å². The molecular weight excluding hydrogens is 470 g/mol. The SMILES string of the molecule is Cc1c(C)n(Cc2ccc(-c3ccccc3C(=O)O)cc2)c2ccc(C(=O)[C@@H]3C[C@H]3c3ccccc3)cc12. The molecule has 4 nitrogen and oxygen atoms in total. The highest BCUT2D eigenvalue weighted by Gasteiger charge is 2.43. The Kier molecular flexibility index (Phi) is 5.96. The quantitative estimate of drug-likeness (QED) is 0.234. The van der Waals surface area contributed by atoms with Crippen molar-refractivity contribution in [1.29, 1.82) is 0 Å². The number of aromatic carboxylic acids is 1. The smallest absolute Gasteiger partial charge is 0.336 e. The predicted octanol–water partition coefficient (Wildman–Crippen LogP) is 7.66. The van der Waals surface area contributed by atoms with E-state index in [-0.39, 0.29) is 11.7 Å². The van der Waals surface area contributed by atoms with Gasteiger partial charge in [0, 0.05) is 34.6 Å². The van der Waals surface area contributed by atoms with Crippen molar-refractivity contribution in [2.45, 2.75) is 32.7 Å². The van der Waals surface area contributed by atoms with E-state index in [1.807, 2.05) is 48.5 Å². The Labute approximate surface area is 222 Å². The van der Waals surface area contributed by atoms with Gasteiger partial charge in [0.25, 0.3) is 0 Å². The van der Waals surface area contributed by atoms with Crippen molar-refractivity contribution in [3.05, 3.63) is 131 Å². The third-order valence-corrected chi connectivity index (χ3v) is 8.04. The lowest BCUT2D eigenvalue weighted by atomic mass is 9.99. The molecule has 1 N–H and O–H groups in total. The van der Waals surface area contributed by atoms with Gasteiger partial charge in [-0.15, -0.1) is 0 Å². The lowest BCUT2D eigenvalue weighted by Crippen LogP contribution is -2.04. The molecule has 0 saturated heterocycles. The molecule has 6 rings (SSSR count). The molecule has 1 fully saturated rings. The van der Waals surface area contributed by atoms with Crippen molar-refractivity contribution < 1.29 is 14.7 Å². The number of hydrogen-bond donors (Lipinski definition) is 1. The zero-order chi connectivity index (χ0) is 26.4. The zero-order valence-electron chi connectivity index (χ0n) is 21.5. The molecule has 188 valence electrons. The first-order chi connectivity index (χ1) is 18.4. The van der Waals surface area contributed by atoms with Crippen molar-refractivity contribution in [3.63, 3.8) is 0 Å². The van der Waals surface area contributed by atoms with Crippen LogP contribution >= 0.6 is 0 Å². The summed E-state index contributed by atoms with van der Waals surface area (Å²) < 4.78 is 2.29. The highest BCUT2D eigenvalue weighted by Crippen LogP contribution is 2.49. The standard InChI is InChI=1S/C34H29NO3/c1-21-22(2)35(20-23-12-14-25(15-13-23)27-10-6-7-11-28(27)34(37)38)32-17-16-26(18-29(21)32)33(36)31-19-30(31)24-8-4-3-5-9-24/h3-18,30-31H,19-20H2,1-2H3,(H,37,38)/t30-,31+/m0/s1. The van der Waals surface area contributed by atoms with Gasteiger partial charge in [0.05, 0.1) is 5.56 Å². The van der Waals surface area contributed by atoms with E-state index in [0.29, 0.717) is 23.6 Å². The van der Waals surface area contributed by atoms with Crippen LogP contribution in [0.3, 0.4) is 0 Å². The molecule has 4 heteroatoms. The van der Waals surface area contributed by atoms with Gasteiger partial charge in [-0.05, 0) is 78.3 Å². The predicted molar refractivity (Wildman–Crippen MR) is 151 cm³/mol. The maximum Gasteiger partial charge on any atom is 0.336 e. The van der Waals surface area contributed by atoms with Crippen LogP contribution in [-0.4, -0.2) is 21.4 Å². The molecular formula is C34H29NO3. The molecule has 1 aliphatic carbocycles. The van der Waals surface area contributed by atoms with E-state index >= 15 is 0 Å². The molecule has 0 aliphatic heterocycles. The average Bonchev–Trinajstić information content (AvgIpc) is 3.72. The van der Waals surface area contributed by atoms with E-state index in [1.54, 1.807) is 12.1 Å². The number of hydrogen-bond acceptors (Lipinski definition) is 2. The number of carbonyl (C=O) groups is 2. The minimum absolute atomic E-state index is 0.0723. The summed E-state index contributed by atoms with van der Waals surface area (Å²) in [5, 5.41) is 10.7. The van der Waals surface area contributed by atoms with Gasteiger partial charge in [-0.2, -0.15) is 0 Å². The Morgan fingerprint density at radius 3 is 2.32 bits per heavy atom. The van der Waals surface area contributed by atoms with Crippen LogP contribution in [0.15, 0.2) is 97.1 Å². The molecule has 4 aromatic carbocycles. The van der Waals surface area contributed by atoms with Crippen molar-refractivity contribution >= 4 is 22.7 Å². The van der Waals surface area contributed by atoms with E-state index in [1.165, 1.54) is 16.8 Å². The molecule has 1 aliphatic rings. The fourth-order valence-electron chi connectivity index (χ4n) is 5.67. The lowest BCUT2D eigenvalue weighted by Gasteiger charge is -2.11. The second-order valence-electron chi connectivity index (χ2n) is 10.3. The van der Waals surface area contributed by atoms with Crippen LogP contribution in [0, 0.1) is 19.8 Å².